The fraction of sp³-hybridized carbons (Fsp3) is 0.500. The van der Waals surface area contributed by atoms with E-state index in [1.54, 1.807) is 0 Å². The molecule has 0 saturated carbocycles. The van der Waals surface area contributed by atoms with Crippen LogP contribution in [0.25, 0.3) is 0 Å². The molecule has 0 bridgehead atoms. The number of nitrogens with one attached hydrogen (secondary N) is 2. The Morgan fingerprint density at radius 1 is 1.42 bits per heavy atom. The van der Waals surface area contributed by atoms with E-state index in [9.17, 15) is 0 Å². The summed E-state index contributed by atoms with van der Waals surface area (Å²) in [5.41, 5.74) is 2.62. The quantitative estimate of drug-likeness (QED) is 0.859. The van der Waals surface area contributed by atoms with E-state index in [1.807, 2.05) is 24.9 Å². The Kier molecular flexibility index (Phi) is 3.40. The number of H-pyrrole nitrogens is 1. The van der Waals surface area contributed by atoms with Gasteiger partial charge in [-0.15, -0.1) is 0 Å². The highest BCUT2D eigenvalue weighted by molar-refractivity contribution is 5.15. The molecule has 1 aliphatic heterocycles. The Morgan fingerprint density at radius 3 is 3.00 bits per heavy atom. The minimum atomic E-state index is 0.482. The first-order chi connectivity index (χ1) is 9.24. The second-order valence-electron chi connectivity index (χ2n) is 5.46. The van der Waals surface area contributed by atoms with E-state index in [1.165, 1.54) is 11.3 Å². The third kappa shape index (κ3) is 2.57. The van der Waals surface area contributed by atoms with Crippen LogP contribution in [0.4, 0.5) is 0 Å². The smallest absolute Gasteiger partial charge is 0.0945 e. The van der Waals surface area contributed by atoms with Crippen LogP contribution in [0.3, 0.4) is 0 Å². The lowest BCUT2D eigenvalue weighted by atomic mass is 10.00. The van der Waals surface area contributed by atoms with Crippen LogP contribution in [0.15, 0.2) is 31.0 Å². The number of imidazole rings is 1. The second kappa shape index (κ2) is 5.19. The van der Waals surface area contributed by atoms with Gasteiger partial charge in [-0.2, -0.15) is 0 Å². The summed E-state index contributed by atoms with van der Waals surface area (Å²) >= 11 is 0. The van der Waals surface area contributed by atoms with Gasteiger partial charge in [-0.3, -0.25) is 0 Å². The molecule has 0 aromatic carbocycles. The van der Waals surface area contributed by atoms with E-state index in [0.717, 1.165) is 19.6 Å². The average Bonchev–Trinajstić information content (AvgIpc) is 3.07. The molecule has 1 fully saturated rings. The lowest BCUT2D eigenvalue weighted by molar-refractivity contribution is 0.397. The monoisotopic (exact) mass is 259 g/mol. The molecule has 0 radical (unpaired) electrons. The Hall–Kier alpha value is -1.59. The minimum absolute atomic E-state index is 0.482. The molecule has 1 saturated heterocycles. The van der Waals surface area contributed by atoms with Gasteiger partial charge in [0.15, 0.2) is 0 Å². The van der Waals surface area contributed by atoms with Gasteiger partial charge in [0.1, 0.15) is 0 Å². The number of hydrogen-bond donors (Lipinski definition) is 2. The fourth-order valence-electron chi connectivity index (χ4n) is 2.95. The molecule has 19 heavy (non-hydrogen) atoms. The molecule has 2 aromatic heterocycles. The predicted molar refractivity (Wildman–Crippen MR) is 74.9 cm³/mol. The summed E-state index contributed by atoms with van der Waals surface area (Å²) in [6.07, 6.45) is 7.90. The molecule has 2 atom stereocenters. The first kappa shape index (κ1) is 12.4. The SMILES string of the molecule is CN1C[C@@H](NCc2cc[nH]c2)[C@H](c2cncn2C)C1. The van der Waals surface area contributed by atoms with E-state index in [4.69, 9.17) is 0 Å². The lowest BCUT2D eigenvalue weighted by Gasteiger charge is -2.20. The predicted octanol–water partition coefficient (Wildman–Crippen LogP) is 0.936. The minimum Gasteiger partial charge on any atom is -0.367 e. The van der Waals surface area contributed by atoms with E-state index >= 15 is 0 Å². The molecule has 3 rings (SSSR count). The maximum atomic E-state index is 4.25. The van der Waals surface area contributed by atoms with Crippen molar-refractivity contribution in [2.75, 3.05) is 20.1 Å². The summed E-state index contributed by atoms with van der Waals surface area (Å²) in [6.45, 7) is 3.08. The van der Waals surface area contributed by atoms with E-state index in [0.29, 0.717) is 12.0 Å². The Labute approximate surface area is 113 Å². The first-order valence-electron chi connectivity index (χ1n) is 6.74. The topological polar surface area (TPSA) is 48.9 Å². The fourth-order valence-corrected chi connectivity index (χ4v) is 2.95. The van der Waals surface area contributed by atoms with Crippen molar-refractivity contribution in [2.24, 2.45) is 7.05 Å². The number of hydrogen-bond acceptors (Lipinski definition) is 3. The maximum Gasteiger partial charge on any atom is 0.0945 e. The molecule has 5 heteroatoms. The highest BCUT2D eigenvalue weighted by Crippen LogP contribution is 2.26. The van der Waals surface area contributed by atoms with Gasteiger partial charge in [0.2, 0.25) is 0 Å². The molecule has 2 N–H and O–H groups in total. The van der Waals surface area contributed by atoms with Crippen molar-refractivity contribution in [3.05, 3.63) is 42.2 Å². The number of nitrogens with zero attached hydrogens (tertiary/aromatic N) is 3. The molecule has 3 heterocycles. The average molecular weight is 259 g/mol. The van der Waals surface area contributed by atoms with Crippen molar-refractivity contribution in [3.8, 4) is 0 Å². The molecule has 0 spiro atoms. The van der Waals surface area contributed by atoms with E-state index in [-0.39, 0.29) is 0 Å². The van der Waals surface area contributed by atoms with Gasteiger partial charge in [-0.25, -0.2) is 4.98 Å². The van der Waals surface area contributed by atoms with Crippen LogP contribution >= 0.6 is 0 Å². The van der Waals surface area contributed by atoms with Gasteiger partial charge in [0, 0.05) is 62.9 Å². The van der Waals surface area contributed by atoms with Crippen molar-refractivity contribution in [1.82, 2.24) is 24.8 Å². The number of likely N-dealkylation sites (N-methyl/N-ethyl adjacent to an activating group) is 1. The highest BCUT2D eigenvalue weighted by Gasteiger charge is 2.33. The third-order valence-corrected chi connectivity index (χ3v) is 3.97. The van der Waals surface area contributed by atoms with E-state index < -0.39 is 0 Å². The highest BCUT2D eigenvalue weighted by atomic mass is 15.2. The van der Waals surface area contributed by atoms with Crippen molar-refractivity contribution < 1.29 is 0 Å². The van der Waals surface area contributed by atoms with Crippen molar-refractivity contribution in [2.45, 2.75) is 18.5 Å². The maximum absolute atomic E-state index is 4.25. The zero-order chi connectivity index (χ0) is 13.2. The van der Waals surface area contributed by atoms with Crippen molar-refractivity contribution in [3.63, 3.8) is 0 Å². The van der Waals surface area contributed by atoms with Gasteiger partial charge in [0.25, 0.3) is 0 Å². The summed E-state index contributed by atoms with van der Waals surface area (Å²) in [5.74, 6) is 0.511. The van der Waals surface area contributed by atoms with Crippen LogP contribution < -0.4 is 5.32 Å². The third-order valence-electron chi connectivity index (χ3n) is 3.97. The van der Waals surface area contributed by atoms with Crippen LogP contribution in [0.2, 0.25) is 0 Å². The summed E-state index contributed by atoms with van der Waals surface area (Å²) < 4.78 is 2.13. The summed E-state index contributed by atoms with van der Waals surface area (Å²) in [7, 11) is 4.26. The Balaban J connectivity index is 1.70. The van der Waals surface area contributed by atoms with Gasteiger partial charge in [-0.1, -0.05) is 0 Å². The molecule has 0 aliphatic carbocycles. The normalized spacial score (nSPS) is 24.1. The second-order valence-corrected chi connectivity index (χ2v) is 5.46. The van der Waals surface area contributed by atoms with Gasteiger partial charge in [0.05, 0.1) is 6.33 Å². The number of likely N-dealkylation sites (tertiary alicyclic amines) is 1. The van der Waals surface area contributed by atoms with Crippen LogP contribution in [0.1, 0.15) is 17.2 Å². The molecular weight excluding hydrogens is 238 g/mol. The summed E-state index contributed by atoms with van der Waals surface area (Å²) in [6, 6.07) is 2.60. The zero-order valence-electron chi connectivity index (χ0n) is 11.5. The van der Waals surface area contributed by atoms with Crippen LogP contribution in [-0.2, 0) is 13.6 Å². The van der Waals surface area contributed by atoms with Gasteiger partial charge < -0.3 is 19.8 Å². The van der Waals surface area contributed by atoms with Gasteiger partial charge >= 0.3 is 0 Å². The molecule has 0 unspecified atom stereocenters. The van der Waals surface area contributed by atoms with Gasteiger partial charge in [-0.05, 0) is 18.7 Å². The number of aryl methyl sites for hydroxylation is 1. The zero-order valence-corrected chi connectivity index (χ0v) is 11.5. The standard InChI is InChI=1S/C14H21N5/c1-18-8-12(14-7-16-10-19(14)2)13(9-18)17-6-11-3-4-15-5-11/h3-5,7,10,12-13,15,17H,6,8-9H2,1-2H3/t12-,13-/m1/s1. The Bertz CT molecular complexity index is 516. The van der Waals surface area contributed by atoms with Crippen molar-refractivity contribution >= 4 is 0 Å². The molecule has 102 valence electrons. The lowest BCUT2D eigenvalue weighted by Crippen LogP contribution is -2.35. The number of aromatic amines is 1. The number of aromatic nitrogens is 3. The summed E-state index contributed by atoms with van der Waals surface area (Å²) in [5, 5.41) is 3.68. The number of rotatable bonds is 4. The first-order valence-corrected chi connectivity index (χ1v) is 6.74. The van der Waals surface area contributed by atoms with Crippen molar-refractivity contribution in [1.29, 1.82) is 0 Å². The largest absolute Gasteiger partial charge is 0.367 e. The molecule has 0 amide bonds. The Morgan fingerprint density at radius 2 is 2.32 bits per heavy atom. The van der Waals surface area contributed by atoms with E-state index in [2.05, 4.69) is 44.9 Å². The molecule has 2 aromatic rings. The molecule has 5 nitrogen and oxygen atoms in total. The van der Waals surface area contributed by atoms with Crippen LogP contribution in [0.5, 0.6) is 0 Å². The molecule has 1 aliphatic rings. The van der Waals surface area contributed by atoms with Crippen LogP contribution in [0, 0.1) is 0 Å². The summed E-state index contributed by atoms with van der Waals surface area (Å²) in [4.78, 5) is 9.73. The molecular formula is C14H21N5. The van der Waals surface area contributed by atoms with Crippen LogP contribution in [-0.4, -0.2) is 45.6 Å².